The third kappa shape index (κ3) is 3.72. The topological polar surface area (TPSA) is 90.0 Å². The van der Waals surface area contributed by atoms with Crippen molar-refractivity contribution < 1.29 is 4.79 Å². The highest BCUT2D eigenvalue weighted by atomic mass is 16.2. The van der Waals surface area contributed by atoms with Crippen LogP contribution in [0.2, 0.25) is 0 Å². The number of amides is 1. The molecule has 6 nitrogen and oxygen atoms in total. The molecule has 0 bridgehead atoms. The molecule has 0 aliphatic heterocycles. The zero-order chi connectivity index (χ0) is 16.1. The molecular weight excluding hydrogens is 280 g/mol. The lowest BCUT2D eigenvalue weighted by molar-refractivity contribution is -0.118. The van der Waals surface area contributed by atoms with Crippen LogP contribution in [0.15, 0.2) is 35.3 Å². The van der Waals surface area contributed by atoms with Gasteiger partial charge in [-0.25, -0.2) is 4.98 Å². The molecule has 2 aromatic rings. The van der Waals surface area contributed by atoms with Crippen molar-refractivity contribution in [3.63, 3.8) is 0 Å². The molecule has 0 saturated heterocycles. The first-order valence-corrected chi connectivity index (χ1v) is 7.12. The van der Waals surface area contributed by atoms with E-state index in [0.29, 0.717) is 12.2 Å². The molecule has 1 heterocycles. The highest BCUT2D eigenvalue weighted by molar-refractivity contribution is 5.73. The largest absolute Gasteiger partial charge is 0.368 e. The van der Waals surface area contributed by atoms with Gasteiger partial charge in [0.1, 0.15) is 6.54 Å². The molecule has 0 unspecified atom stereocenters. The van der Waals surface area contributed by atoms with Gasteiger partial charge in [0.25, 0.3) is 5.56 Å². The van der Waals surface area contributed by atoms with Gasteiger partial charge in [0, 0.05) is 18.4 Å². The number of nitrogens with one attached hydrogen (secondary N) is 1. The van der Waals surface area contributed by atoms with Gasteiger partial charge in [0.15, 0.2) is 5.82 Å². The van der Waals surface area contributed by atoms with Gasteiger partial charge < -0.3 is 11.1 Å². The molecule has 22 heavy (non-hydrogen) atoms. The first-order valence-electron chi connectivity index (χ1n) is 7.12. The van der Waals surface area contributed by atoms with Crippen LogP contribution in [0.4, 0.5) is 5.82 Å². The summed E-state index contributed by atoms with van der Waals surface area (Å²) < 4.78 is 1.32. The fourth-order valence-electron chi connectivity index (χ4n) is 2.25. The minimum Gasteiger partial charge on any atom is -0.368 e. The standard InChI is InChI=1S/C16H20N4O2/c1-11-5-3-4-6-13(11)7-8-18-15-16(22)20(10-14(17)21)12(2)9-19-15/h3-6,9H,7-8,10H2,1-2H3,(H2,17,21)(H,18,19). The summed E-state index contributed by atoms with van der Waals surface area (Å²) in [5.41, 5.74) is 7.88. The van der Waals surface area contributed by atoms with Gasteiger partial charge >= 0.3 is 0 Å². The van der Waals surface area contributed by atoms with E-state index in [1.807, 2.05) is 12.1 Å². The highest BCUT2D eigenvalue weighted by Crippen LogP contribution is 2.08. The van der Waals surface area contributed by atoms with Crippen molar-refractivity contribution in [1.82, 2.24) is 9.55 Å². The van der Waals surface area contributed by atoms with Crippen LogP contribution in [0.1, 0.15) is 16.8 Å². The highest BCUT2D eigenvalue weighted by Gasteiger charge is 2.09. The Morgan fingerprint density at radius 1 is 1.32 bits per heavy atom. The summed E-state index contributed by atoms with van der Waals surface area (Å²) in [6, 6.07) is 8.10. The number of benzene rings is 1. The molecule has 0 aliphatic carbocycles. The molecule has 6 heteroatoms. The molecule has 0 atom stereocenters. The van der Waals surface area contributed by atoms with E-state index in [1.54, 1.807) is 13.1 Å². The van der Waals surface area contributed by atoms with Gasteiger partial charge in [-0.2, -0.15) is 0 Å². The summed E-state index contributed by atoms with van der Waals surface area (Å²) in [6.45, 7) is 4.22. The first kappa shape index (κ1) is 15.8. The molecular formula is C16H20N4O2. The summed E-state index contributed by atoms with van der Waals surface area (Å²) in [6.07, 6.45) is 2.35. The summed E-state index contributed by atoms with van der Waals surface area (Å²) in [7, 11) is 0. The number of nitrogens with two attached hydrogens (primary N) is 1. The maximum Gasteiger partial charge on any atom is 0.293 e. The molecule has 0 fully saturated rings. The third-order valence-electron chi connectivity index (χ3n) is 3.52. The Bertz CT molecular complexity index is 737. The summed E-state index contributed by atoms with van der Waals surface area (Å²) >= 11 is 0. The van der Waals surface area contributed by atoms with Crippen LogP contribution < -0.4 is 16.6 Å². The number of primary amides is 1. The van der Waals surface area contributed by atoms with E-state index in [4.69, 9.17) is 5.73 Å². The van der Waals surface area contributed by atoms with Gasteiger partial charge in [-0.1, -0.05) is 24.3 Å². The second kappa shape index (κ2) is 6.89. The van der Waals surface area contributed by atoms with E-state index in [2.05, 4.69) is 29.4 Å². The van der Waals surface area contributed by atoms with Crippen LogP contribution in [0.25, 0.3) is 0 Å². The molecule has 0 saturated carbocycles. The maximum absolute atomic E-state index is 12.3. The molecule has 116 valence electrons. The molecule has 0 aliphatic rings. The summed E-state index contributed by atoms with van der Waals surface area (Å²) in [5, 5.41) is 3.03. The van der Waals surface area contributed by atoms with Crippen molar-refractivity contribution in [2.75, 3.05) is 11.9 Å². The Balaban J connectivity index is 2.09. The van der Waals surface area contributed by atoms with Crippen LogP contribution in [-0.2, 0) is 17.8 Å². The minimum absolute atomic E-state index is 0.139. The predicted octanol–water partition coefficient (Wildman–Crippen LogP) is 1.00. The Labute approximate surface area is 129 Å². The number of anilines is 1. The van der Waals surface area contributed by atoms with Crippen LogP contribution in [0.5, 0.6) is 0 Å². The first-order chi connectivity index (χ1) is 10.5. The molecule has 3 N–H and O–H groups in total. The zero-order valence-electron chi connectivity index (χ0n) is 12.8. The van der Waals surface area contributed by atoms with Crippen molar-refractivity contribution in [3.8, 4) is 0 Å². The summed E-state index contributed by atoms with van der Waals surface area (Å²) in [4.78, 5) is 27.4. The number of carbonyl (C=O) groups is 1. The molecule has 0 radical (unpaired) electrons. The van der Waals surface area contributed by atoms with Crippen LogP contribution in [-0.4, -0.2) is 22.0 Å². The van der Waals surface area contributed by atoms with Gasteiger partial charge in [-0.15, -0.1) is 0 Å². The number of carbonyl (C=O) groups excluding carboxylic acids is 1. The molecule has 1 aromatic carbocycles. The van der Waals surface area contributed by atoms with Gasteiger partial charge in [0.05, 0.1) is 0 Å². The van der Waals surface area contributed by atoms with E-state index in [1.165, 1.54) is 15.7 Å². The SMILES string of the molecule is Cc1ccccc1CCNc1ncc(C)n(CC(N)=O)c1=O. The predicted molar refractivity (Wildman–Crippen MR) is 85.8 cm³/mol. The van der Waals surface area contributed by atoms with E-state index in [9.17, 15) is 9.59 Å². The number of nitrogens with zero attached hydrogens (tertiary/aromatic N) is 2. The van der Waals surface area contributed by atoms with Crippen LogP contribution in [0, 0.1) is 13.8 Å². The number of aryl methyl sites for hydroxylation is 2. The quantitative estimate of drug-likeness (QED) is 0.833. The van der Waals surface area contributed by atoms with E-state index in [0.717, 1.165) is 6.42 Å². The second-order valence-electron chi connectivity index (χ2n) is 5.21. The van der Waals surface area contributed by atoms with Crippen LogP contribution >= 0.6 is 0 Å². The normalized spacial score (nSPS) is 10.5. The molecule has 1 aromatic heterocycles. The number of rotatable bonds is 6. The average Bonchev–Trinajstić information content (AvgIpc) is 2.47. The van der Waals surface area contributed by atoms with Crippen molar-refractivity contribution in [3.05, 3.63) is 57.6 Å². The molecule has 0 spiro atoms. The zero-order valence-corrected chi connectivity index (χ0v) is 12.8. The van der Waals surface area contributed by atoms with E-state index < -0.39 is 5.91 Å². The lowest BCUT2D eigenvalue weighted by Crippen LogP contribution is -2.32. The number of hydrogen-bond donors (Lipinski definition) is 2. The Morgan fingerprint density at radius 2 is 2.05 bits per heavy atom. The smallest absolute Gasteiger partial charge is 0.293 e. The number of aromatic nitrogens is 2. The monoisotopic (exact) mass is 300 g/mol. The van der Waals surface area contributed by atoms with E-state index in [-0.39, 0.29) is 17.9 Å². The molecule has 1 amide bonds. The van der Waals surface area contributed by atoms with Crippen molar-refractivity contribution in [2.45, 2.75) is 26.8 Å². The van der Waals surface area contributed by atoms with Gasteiger partial charge in [0.2, 0.25) is 5.91 Å². The van der Waals surface area contributed by atoms with E-state index >= 15 is 0 Å². The fourth-order valence-corrected chi connectivity index (χ4v) is 2.25. The van der Waals surface area contributed by atoms with Crippen molar-refractivity contribution in [1.29, 1.82) is 0 Å². The lowest BCUT2D eigenvalue weighted by atomic mass is 10.1. The summed E-state index contributed by atoms with van der Waals surface area (Å²) in [5.74, 6) is -0.317. The van der Waals surface area contributed by atoms with Crippen LogP contribution in [0.3, 0.4) is 0 Å². The third-order valence-corrected chi connectivity index (χ3v) is 3.52. The fraction of sp³-hybridized carbons (Fsp3) is 0.312. The van der Waals surface area contributed by atoms with Crippen molar-refractivity contribution >= 4 is 11.7 Å². The maximum atomic E-state index is 12.3. The number of hydrogen-bond acceptors (Lipinski definition) is 4. The lowest BCUT2D eigenvalue weighted by Gasteiger charge is -2.11. The molecule has 2 rings (SSSR count). The second-order valence-corrected chi connectivity index (χ2v) is 5.21. The minimum atomic E-state index is -0.553. The van der Waals surface area contributed by atoms with Gasteiger partial charge in [-0.3, -0.25) is 14.2 Å². The Morgan fingerprint density at radius 3 is 2.73 bits per heavy atom. The van der Waals surface area contributed by atoms with Crippen molar-refractivity contribution in [2.24, 2.45) is 5.73 Å². The van der Waals surface area contributed by atoms with Gasteiger partial charge in [-0.05, 0) is 31.4 Å². The Hall–Kier alpha value is -2.63. The Kier molecular flexibility index (Phi) is 4.93. The average molecular weight is 300 g/mol.